The van der Waals surface area contributed by atoms with Crippen molar-refractivity contribution in [3.63, 3.8) is 0 Å². The van der Waals surface area contributed by atoms with Crippen LogP contribution < -0.4 is 5.32 Å². The number of aryl methyl sites for hydroxylation is 2. The van der Waals surface area contributed by atoms with Crippen LogP contribution in [0.4, 0.5) is 0 Å². The summed E-state index contributed by atoms with van der Waals surface area (Å²) in [7, 11) is -3.67. The Morgan fingerprint density at radius 1 is 1.20 bits per heavy atom. The Kier molecular flexibility index (Phi) is 6.06. The molecule has 164 valence electrons. The number of carbonyl (C=O) groups is 1. The summed E-state index contributed by atoms with van der Waals surface area (Å²) in [5.74, 6) is 0.886. The van der Waals surface area contributed by atoms with E-state index in [2.05, 4.69) is 22.4 Å². The number of rotatable bonds is 5. The highest BCUT2D eigenvalue weighted by Crippen LogP contribution is 2.28. The third-order valence-corrected chi connectivity index (χ3v) is 7.78. The van der Waals surface area contributed by atoms with E-state index in [4.69, 9.17) is 4.52 Å². The van der Waals surface area contributed by atoms with Gasteiger partial charge in [0.1, 0.15) is 0 Å². The monoisotopic (exact) mass is 434 g/mol. The topological polar surface area (TPSA) is 105 Å². The van der Waals surface area contributed by atoms with Gasteiger partial charge in [-0.2, -0.15) is 9.29 Å². The van der Waals surface area contributed by atoms with Crippen LogP contribution in [-0.4, -0.2) is 41.9 Å². The number of piperidine rings is 1. The number of amides is 1. The van der Waals surface area contributed by atoms with E-state index >= 15 is 0 Å². The third kappa shape index (κ3) is 4.41. The number of aromatic nitrogens is 2. The molecular weight excluding hydrogens is 404 g/mol. The predicted octanol–water partition coefficient (Wildman–Crippen LogP) is 3.08. The fourth-order valence-electron chi connectivity index (χ4n) is 3.56. The molecule has 0 saturated carbocycles. The first-order chi connectivity index (χ1) is 13.9. The average Bonchev–Trinajstić information content (AvgIpc) is 3.11. The Morgan fingerprint density at radius 3 is 2.40 bits per heavy atom. The van der Waals surface area contributed by atoms with Gasteiger partial charge in [0.2, 0.25) is 15.9 Å². The fraction of sp³-hybridized carbons (Fsp3) is 0.571. The highest BCUT2D eigenvalue weighted by molar-refractivity contribution is 7.89. The Bertz CT molecular complexity index is 1050. The molecule has 3 rings (SSSR count). The summed E-state index contributed by atoms with van der Waals surface area (Å²) in [6.45, 7) is 11.9. The molecule has 1 aliphatic rings. The van der Waals surface area contributed by atoms with Gasteiger partial charge in [-0.3, -0.25) is 4.79 Å². The van der Waals surface area contributed by atoms with Gasteiger partial charge in [-0.25, -0.2) is 8.42 Å². The number of benzene rings is 1. The second-order valence-electron chi connectivity index (χ2n) is 8.72. The van der Waals surface area contributed by atoms with E-state index in [0.29, 0.717) is 36.3 Å². The van der Waals surface area contributed by atoms with Gasteiger partial charge in [-0.15, -0.1) is 0 Å². The lowest BCUT2D eigenvalue weighted by Gasteiger charge is -2.30. The molecule has 1 aliphatic heterocycles. The zero-order valence-corrected chi connectivity index (χ0v) is 19.3. The molecule has 0 radical (unpaired) electrons. The van der Waals surface area contributed by atoms with E-state index in [1.165, 1.54) is 10.4 Å². The van der Waals surface area contributed by atoms with Crippen LogP contribution in [-0.2, 0) is 15.6 Å². The van der Waals surface area contributed by atoms with E-state index in [1.807, 2.05) is 6.92 Å². The standard InChI is InChI=1S/C21H30N4O4S/c1-13-7-9-25(10-8-13)30(27,28)18-12-17(11-14(2)15(18)3)19(26)23-21(5,6)20-22-16(4)29-24-20/h11-13H,7-10H2,1-6H3,(H,23,26). The van der Waals surface area contributed by atoms with Crippen molar-refractivity contribution in [3.8, 4) is 0 Å². The maximum Gasteiger partial charge on any atom is 0.252 e. The van der Waals surface area contributed by atoms with Crippen molar-refractivity contribution in [2.75, 3.05) is 13.1 Å². The Hall–Kier alpha value is -2.26. The van der Waals surface area contributed by atoms with Crippen LogP contribution in [0.1, 0.15) is 66.8 Å². The molecule has 2 heterocycles. The van der Waals surface area contributed by atoms with Crippen molar-refractivity contribution in [1.29, 1.82) is 0 Å². The second kappa shape index (κ2) is 8.11. The first-order valence-electron chi connectivity index (χ1n) is 10.2. The lowest BCUT2D eigenvalue weighted by molar-refractivity contribution is 0.0907. The molecule has 1 N–H and O–H groups in total. The van der Waals surface area contributed by atoms with Crippen molar-refractivity contribution < 1.29 is 17.7 Å². The molecule has 2 aromatic rings. The van der Waals surface area contributed by atoms with Crippen molar-refractivity contribution in [2.24, 2.45) is 5.92 Å². The molecule has 0 atom stereocenters. The lowest BCUT2D eigenvalue weighted by Crippen LogP contribution is -2.42. The summed E-state index contributed by atoms with van der Waals surface area (Å²) in [4.78, 5) is 17.4. The smallest absolute Gasteiger partial charge is 0.252 e. The summed E-state index contributed by atoms with van der Waals surface area (Å²) in [5.41, 5.74) is 0.823. The number of carbonyl (C=O) groups excluding carboxylic acids is 1. The van der Waals surface area contributed by atoms with Crippen LogP contribution in [0.5, 0.6) is 0 Å². The van der Waals surface area contributed by atoms with Gasteiger partial charge in [0, 0.05) is 25.6 Å². The largest absolute Gasteiger partial charge is 0.340 e. The van der Waals surface area contributed by atoms with E-state index in [9.17, 15) is 13.2 Å². The molecule has 1 aromatic heterocycles. The van der Waals surface area contributed by atoms with E-state index < -0.39 is 21.5 Å². The van der Waals surface area contributed by atoms with Gasteiger partial charge < -0.3 is 9.84 Å². The number of sulfonamides is 1. The number of hydrogen-bond donors (Lipinski definition) is 1. The Morgan fingerprint density at radius 2 is 1.83 bits per heavy atom. The molecule has 1 aromatic carbocycles. The van der Waals surface area contributed by atoms with Gasteiger partial charge in [0.05, 0.1) is 10.4 Å². The van der Waals surface area contributed by atoms with E-state index in [1.54, 1.807) is 33.8 Å². The number of nitrogens with one attached hydrogen (secondary N) is 1. The zero-order valence-electron chi connectivity index (χ0n) is 18.4. The normalized spacial score (nSPS) is 16.6. The molecular formula is C21H30N4O4S. The predicted molar refractivity (Wildman–Crippen MR) is 113 cm³/mol. The summed E-state index contributed by atoms with van der Waals surface area (Å²) in [6.07, 6.45) is 1.69. The van der Waals surface area contributed by atoms with Gasteiger partial charge in [-0.05, 0) is 69.7 Å². The quantitative estimate of drug-likeness (QED) is 0.775. The molecule has 0 spiro atoms. The minimum absolute atomic E-state index is 0.190. The van der Waals surface area contributed by atoms with Crippen LogP contribution in [0, 0.1) is 26.7 Å². The summed E-state index contributed by atoms with van der Waals surface area (Å²) in [6, 6.07) is 3.18. The van der Waals surface area contributed by atoms with Gasteiger partial charge in [0.15, 0.2) is 5.82 Å². The van der Waals surface area contributed by atoms with Gasteiger partial charge in [-0.1, -0.05) is 12.1 Å². The van der Waals surface area contributed by atoms with Gasteiger partial charge in [0.25, 0.3) is 5.91 Å². The Labute approximate surface area is 178 Å². The molecule has 1 fully saturated rings. The highest BCUT2D eigenvalue weighted by atomic mass is 32.2. The maximum absolute atomic E-state index is 13.3. The van der Waals surface area contributed by atoms with Crippen LogP contribution in [0.15, 0.2) is 21.6 Å². The molecule has 1 saturated heterocycles. The van der Waals surface area contributed by atoms with Crippen LogP contribution >= 0.6 is 0 Å². The molecule has 0 aliphatic carbocycles. The first kappa shape index (κ1) is 22.4. The molecule has 0 bridgehead atoms. The van der Waals surface area contributed by atoms with Crippen molar-refractivity contribution >= 4 is 15.9 Å². The number of hydrogen-bond acceptors (Lipinski definition) is 6. The van der Waals surface area contributed by atoms with Gasteiger partial charge >= 0.3 is 0 Å². The minimum atomic E-state index is -3.67. The van der Waals surface area contributed by atoms with E-state index in [0.717, 1.165) is 18.4 Å². The lowest BCUT2D eigenvalue weighted by atomic mass is 10.0. The molecule has 8 nitrogen and oxygen atoms in total. The van der Waals surface area contributed by atoms with Crippen molar-refractivity contribution in [2.45, 2.75) is 64.8 Å². The van der Waals surface area contributed by atoms with E-state index in [-0.39, 0.29) is 10.5 Å². The highest BCUT2D eigenvalue weighted by Gasteiger charge is 2.32. The van der Waals surface area contributed by atoms with Crippen LogP contribution in [0.2, 0.25) is 0 Å². The van der Waals surface area contributed by atoms with Crippen molar-refractivity contribution in [3.05, 3.63) is 40.5 Å². The van der Waals surface area contributed by atoms with Crippen molar-refractivity contribution in [1.82, 2.24) is 19.8 Å². The SMILES string of the molecule is Cc1nc(C(C)(C)NC(=O)c2cc(C)c(C)c(S(=O)(=O)N3CCC(C)CC3)c2)no1. The molecule has 1 amide bonds. The molecule has 0 unspecified atom stereocenters. The third-order valence-electron chi connectivity index (χ3n) is 5.75. The zero-order chi connectivity index (χ0) is 22.3. The average molecular weight is 435 g/mol. The van der Waals surface area contributed by atoms with Crippen LogP contribution in [0.25, 0.3) is 0 Å². The second-order valence-corrected chi connectivity index (χ2v) is 10.6. The Balaban J connectivity index is 1.92. The molecule has 30 heavy (non-hydrogen) atoms. The first-order valence-corrected chi connectivity index (χ1v) is 11.6. The summed E-state index contributed by atoms with van der Waals surface area (Å²) < 4.78 is 33.2. The van der Waals surface area contributed by atoms with Crippen LogP contribution in [0.3, 0.4) is 0 Å². The maximum atomic E-state index is 13.3. The summed E-state index contributed by atoms with van der Waals surface area (Å²) in [5, 5.41) is 6.77. The minimum Gasteiger partial charge on any atom is -0.340 e. The summed E-state index contributed by atoms with van der Waals surface area (Å²) >= 11 is 0. The fourth-order valence-corrected chi connectivity index (χ4v) is 5.35. The number of nitrogens with zero attached hydrogens (tertiary/aromatic N) is 3. The molecule has 9 heteroatoms.